The van der Waals surface area contributed by atoms with E-state index in [0.717, 1.165) is 32.1 Å². The van der Waals surface area contributed by atoms with Crippen LogP contribution in [0.25, 0.3) is 0 Å². The van der Waals surface area contributed by atoms with Gasteiger partial charge >= 0.3 is 5.97 Å². The monoisotopic (exact) mass is 292 g/mol. The summed E-state index contributed by atoms with van der Waals surface area (Å²) in [5, 5.41) is 0. The minimum atomic E-state index is -0.0930. The molecule has 0 N–H and O–H groups in total. The van der Waals surface area contributed by atoms with Gasteiger partial charge in [0.05, 0.1) is 7.11 Å². The summed E-state index contributed by atoms with van der Waals surface area (Å²) in [7, 11) is 1.45. The summed E-state index contributed by atoms with van der Waals surface area (Å²) in [5.41, 5.74) is 0. The number of ether oxygens (including phenoxy) is 1. The molecule has 2 heteroatoms. The van der Waals surface area contributed by atoms with E-state index in [0.29, 0.717) is 6.42 Å². The number of hydrogen-bond acceptors (Lipinski definition) is 2. The summed E-state index contributed by atoms with van der Waals surface area (Å²) in [6, 6.07) is 0. The second kappa shape index (κ2) is 16.8. The highest BCUT2D eigenvalue weighted by Crippen LogP contribution is 2.07. The Labute approximate surface area is 131 Å². The molecule has 0 aromatic carbocycles. The lowest BCUT2D eigenvalue weighted by Crippen LogP contribution is -1.99. The second-order valence-electron chi connectivity index (χ2n) is 5.35. The van der Waals surface area contributed by atoms with Crippen molar-refractivity contribution in [3.63, 3.8) is 0 Å². The Morgan fingerprint density at radius 2 is 1.57 bits per heavy atom. The molecule has 0 saturated heterocycles. The maximum atomic E-state index is 10.9. The summed E-state index contributed by atoms with van der Waals surface area (Å²) in [6.45, 7) is 2.22. The van der Waals surface area contributed by atoms with Gasteiger partial charge < -0.3 is 4.74 Å². The molecule has 120 valence electrons. The van der Waals surface area contributed by atoms with Gasteiger partial charge in [-0.15, -0.1) is 11.8 Å². The molecule has 0 aromatic heterocycles. The molecule has 0 atom stereocenters. The number of carbonyl (C=O) groups excluding carboxylic acids is 1. The highest BCUT2D eigenvalue weighted by Gasteiger charge is 1.98. The van der Waals surface area contributed by atoms with Crippen LogP contribution in [0.5, 0.6) is 0 Å². The summed E-state index contributed by atoms with van der Waals surface area (Å²) in [6.07, 6.45) is 17.6. The van der Waals surface area contributed by atoms with E-state index in [1.165, 1.54) is 45.6 Å². The Morgan fingerprint density at radius 1 is 0.905 bits per heavy atom. The highest BCUT2D eigenvalue weighted by molar-refractivity contribution is 5.68. The van der Waals surface area contributed by atoms with Crippen molar-refractivity contribution in [3.05, 3.63) is 12.2 Å². The molecule has 0 radical (unpaired) electrons. The van der Waals surface area contributed by atoms with E-state index < -0.39 is 0 Å². The molecule has 0 saturated carbocycles. The van der Waals surface area contributed by atoms with Crippen LogP contribution in [0.2, 0.25) is 0 Å². The predicted octanol–water partition coefficient (Wildman–Crippen LogP) is 5.42. The van der Waals surface area contributed by atoms with E-state index in [2.05, 4.69) is 35.7 Å². The molecule has 0 unspecified atom stereocenters. The van der Waals surface area contributed by atoms with Crippen molar-refractivity contribution in [3.8, 4) is 11.8 Å². The second-order valence-corrected chi connectivity index (χ2v) is 5.35. The lowest BCUT2D eigenvalue weighted by molar-refractivity contribution is -0.140. The van der Waals surface area contributed by atoms with Crippen molar-refractivity contribution in [2.75, 3.05) is 7.11 Å². The molecule has 0 heterocycles. The van der Waals surface area contributed by atoms with Gasteiger partial charge in [0.15, 0.2) is 0 Å². The summed E-state index contributed by atoms with van der Waals surface area (Å²) in [5.74, 6) is 6.39. The lowest BCUT2D eigenvalue weighted by atomic mass is 10.1. The fourth-order valence-electron chi connectivity index (χ4n) is 2.01. The molecule has 21 heavy (non-hydrogen) atoms. The van der Waals surface area contributed by atoms with E-state index >= 15 is 0 Å². The minimum absolute atomic E-state index is 0.0930. The van der Waals surface area contributed by atoms with Crippen LogP contribution in [0.3, 0.4) is 0 Å². The van der Waals surface area contributed by atoms with E-state index in [9.17, 15) is 4.79 Å². The number of methoxy groups -OCH3 is 1. The minimum Gasteiger partial charge on any atom is -0.469 e. The third kappa shape index (κ3) is 16.7. The highest BCUT2D eigenvalue weighted by atomic mass is 16.5. The SMILES string of the molecule is CCCC/C=C/CCC#CCCCCCCCC(=O)OC. The molecular formula is C19H32O2. The zero-order valence-electron chi connectivity index (χ0n) is 14.0. The number of allylic oxidation sites excluding steroid dienone is 2. The largest absolute Gasteiger partial charge is 0.469 e. The van der Waals surface area contributed by atoms with Gasteiger partial charge in [0.1, 0.15) is 0 Å². The fraction of sp³-hybridized carbons (Fsp3) is 0.737. The molecule has 0 aliphatic carbocycles. The molecule has 0 aliphatic heterocycles. The maximum Gasteiger partial charge on any atom is 0.305 e. The first-order valence-corrected chi connectivity index (χ1v) is 8.48. The van der Waals surface area contributed by atoms with Crippen LogP contribution in [-0.4, -0.2) is 13.1 Å². The Morgan fingerprint density at radius 3 is 2.33 bits per heavy atom. The quantitative estimate of drug-likeness (QED) is 0.208. The molecule has 0 aromatic rings. The van der Waals surface area contributed by atoms with E-state index in [1.807, 2.05) is 0 Å². The Balaban J connectivity index is 3.23. The summed E-state index contributed by atoms with van der Waals surface area (Å²) < 4.78 is 4.61. The molecule has 0 spiro atoms. The topological polar surface area (TPSA) is 26.3 Å². The molecule has 0 fully saturated rings. The van der Waals surface area contributed by atoms with Gasteiger partial charge in [-0.05, 0) is 25.7 Å². The Hall–Kier alpha value is -1.23. The van der Waals surface area contributed by atoms with Gasteiger partial charge in [-0.2, -0.15) is 0 Å². The summed E-state index contributed by atoms with van der Waals surface area (Å²) in [4.78, 5) is 10.9. The van der Waals surface area contributed by atoms with Crippen LogP contribution in [0.15, 0.2) is 12.2 Å². The third-order valence-corrected chi connectivity index (χ3v) is 3.36. The van der Waals surface area contributed by atoms with Gasteiger partial charge in [0.2, 0.25) is 0 Å². The first kappa shape index (κ1) is 19.8. The first-order chi connectivity index (χ1) is 10.3. The predicted molar refractivity (Wildman–Crippen MR) is 90.0 cm³/mol. The van der Waals surface area contributed by atoms with E-state index in [4.69, 9.17) is 0 Å². The van der Waals surface area contributed by atoms with Crippen LogP contribution in [-0.2, 0) is 9.53 Å². The van der Waals surface area contributed by atoms with Crippen molar-refractivity contribution in [2.45, 2.75) is 84.0 Å². The molecular weight excluding hydrogens is 260 g/mol. The average Bonchev–Trinajstić information content (AvgIpc) is 2.50. The molecule has 0 bridgehead atoms. The first-order valence-electron chi connectivity index (χ1n) is 8.48. The third-order valence-electron chi connectivity index (χ3n) is 3.36. The zero-order valence-corrected chi connectivity index (χ0v) is 14.0. The van der Waals surface area contributed by atoms with Gasteiger partial charge in [-0.25, -0.2) is 0 Å². The van der Waals surface area contributed by atoms with Crippen molar-refractivity contribution < 1.29 is 9.53 Å². The smallest absolute Gasteiger partial charge is 0.305 e. The standard InChI is InChI=1S/C19H32O2/c1-3-4-5-6-7-8-9-10-11-12-13-14-15-16-17-18-19(20)21-2/h6-7H,3-5,8-9,12-18H2,1-2H3/b7-6+. The van der Waals surface area contributed by atoms with Crippen molar-refractivity contribution in [2.24, 2.45) is 0 Å². The van der Waals surface area contributed by atoms with Gasteiger partial charge in [-0.3, -0.25) is 4.79 Å². The molecule has 0 amide bonds. The van der Waals surface area contributed by atoms with Crippen molar-refractivity contribution in [1.29, 1.82) is 0 Å². The number of unbranched alkanes of at least 4 members (excludes halogenated alkanes) is 8. The van der Waals surface area contributed by atoms with Crippen LogP contribution in [0.4, 0.5) is 0 Å². The normalized spacial score (nSPS) is 10.4. The Kier molecular flexibility index (Phi) is 15.8. The lowest BCUT2D eigenvalue weighted by Gasteiger charge is -1.99. The molecule has 0 aliphatic rings. The molecule has 2 nitrogen and oxygen atoms in total. The maximum absolute atomic E-state index is 10.9. The van der Waals surface area contributed by atoms with Gasteiger partial charge in [0, 0.05) is 19.3 Å². The van der Waals surface area contributed by atoms with Crippen LogP contribution < -0.4 is 0 Å². The molecule has 0 rings (SSSR count). The number of rotatable bonds is 12. The fourth-order valence-corrected chi connectivity index (χ4v) is 2.01. The van der Waals surface area contributed by atoms with E-state index in [1.54, 1.807) is 0 Å². The average molecular weight is 292 g/mol. The van der Waals surface area contributed by atoms with Gasteiger partial charge in [0.25, 0.3) is 0 Å². The number of carbonyl (C=O) groups is 1. The van der Waals surface area contributed by atoms with Crippen molar-refractivity contribution >= 4 is 5.97 Å². The zero-order chi connectivity index (χ0) is 15.6. The van der Waals surface area contributed by atoms with Crippen LogP contribution in [0, 0.1) is 11.8 Å². The summed E-state index contributed by atoms with van der Waals surface area (Å²) >= 11 is 0. The van der Waals surface area contributed by atoms with E-state index in [-0.39, 0.29) is 5.97 Å². The van der Waals surface area contributed by atoms with Crippen molar-refractivity contribution in [1.82, 2.24) is 0 Å². The number of hydrogen-bond donors (Lipinski definition) is 0. The van der Waals surface area contributed by atoms with Crippen LogP contribution >= 0.6 is 0 Å². The Bertz CT molecular complexity index is 320. The van der Waals surface area contributed by atoms with Gasteiger partial charge in [-0.1, -0.05) is 51.2 Å². The van der Waals surface area contributed by atoms with Crippen LogP contribution in [0.1, 0.15) is 84.0 Å². The number of esters is 1.